The first kappa shape index (κ1) is 18.5. The molecule has 24 heavy (non-hydrogen) atoms. The zero-order valence-electron chi connectivity index (χ0n) is 14.9. The van der Waals surface area contributed by atoms with Crippen LogP contribution in [0.3, 0.4) is 0 Å². The average Bonchev–Trinajstić information content (AvgIpc) is 2.50. The molecule has 0 spiro atoms. The number of methoxy groups -OCH3 is 1. The van der Waals surface area contributed by atoms with Crippen LogP contribution in [0.25, 0.3) is 0 Å². The molecule has 0 radical (unpaired) electrons. The van der Waals surface area contributed by atoms with Crippen molar-refractivity contribution in [2.75, 3.05) is 7.11 Å². The van der Waals surface area contributed by atoms with Gasteiger partial charge in [-0.05, 0) is 62.4 Å². The topological polar surface area (TPSA) is 55.4 Å². The minimum atomic E-state index is -3.59. The van der Waals surface area contributed by atoms with Crippen LogP contribution in [0.4, 0.5) is 0 Å². The molecule has 2 aromatic carbocycles. The molecule has 5 heteroatoms. The van der Waals surface area contributed by atoms with Crippen LogP contribution in [-0.2, 0) is 16.4 Å². The van der Waals surface area contributed by atoms with E-state index in [9.17, 15) is 8.42 Å². The normalized spacial score (nSPS) is 12.9. The number of sulfonamides is 1. The van der Waals surface area contributed by atoms with Crippen LogP contribution in [0.1, 0.15) is 29.2 Å². The molecule has 4 nitrogen and oxygen atoms in total. The lowest BCUT2D eigenvalue weighted by Crippen LogP contribution is -2.35. The van der Waals surface area contributed by atoms with Crippen molar-refractivity contribution in [1.82, 2.24) is 4.72 Å². The number of nitrogens with one attached hydrogen (secondary N) is 1. The summed E-state index contributed by atoms with van der Waals surface area (Å²) in [6.07, 6.45) is 0.646. The van der Waals surface area contributed by atoms with Crippen molar-refractivity contribution < 1.29 is 13.2 Å². The predicted octanol–water partition coefficient (Wildman–Crippen LogP) is 3.53. The quantitative estimate of drug-likeness (QED) is 0.870. The second kappa shape index (κ2) is 7.36. The van der Waals surface area contributed by atoms with Crippen molar-refractivity contribution in [2.24, 2.45) is 0 Å². The standard InChI is InChI=1S/C19H25NO3S/c1-13-11-18(23-5)15(3)16(4)19(13)24(21,22)20-14(2)12-17-9-7-6-8-10-17/h6-11,14,20H,12H2,1-5H3/t14-/m0/s1. The number of aryl methyl sites for hydroxylation is 1. The van der Waals surface area contributed by atoms with Crippen LogP contribution in [0.5, 0.6) is 5.75 Å². The Bertz CT molecular complexity index is 814. The van der Waals surface area contributed by atoms with Gasteiger partial charge < -0.3 is 4.74 Å². The van der Waals surface area contributed by atoms with Gasteiger partial charge in [0.05, 0.1) is 12.0 Å². The van der Waals surface area contributed by atoms with Crippen molar-refractivity contribution in [3.63, 3.8) is 0 Å². The highest BCUT2D eigenvalue weighted by atomic mass is 32.2. The van der Waals surface area contributed by atoms with E-state index < -0.39 is 10.0 Å². The Morgan fingerprint density at radius 1 is 1.08 bits per heavy atom. The first-order valence-corrected chi connectivity index (χ1v) is 9.45. The summed E-state index contributed by atoms with van der Waals surface area (Å²) in [5.41, 5.74) is 3.37. The molecular weight excluding hydrogens is 322 g/mol. The predicted molar refractivity (Wildman–Crippen MR) is 97.1 cm³/mol. The summed E-state index contributed by atoms with van der Waals surface area (Å²) < 4.78 is 33.9. The molecule has 0 fully saturated rings. The van der Waals surface area contributed by atoms with Gasteiger partial charge in [0.15, 0.2) is 0 Å². The maximum absolute atomic E-state index is 12.9. The summed E-state index contributed by atoms with van der Waals surface area (Å²) in [4.78, 5) is 0.348. The number of ether oxygens (including phenoxy) is 1. The largest absolute Gasteiger partial charge is 0.496 e. The fourth-order valence-electron chi connectivity index (χ4n) is 2.98. The van der Waals surface area contributed by atoms with Gasteiger partial charge in [-0.3, -0.25) is 0 Å². The van der Waals surface area contributed by atoms with Crippen LogP contribution in [0.2, 0.25) is 0 Å². The summed E-state index contributed by atoms with van der Waals surface area (Å²) in [5.74, 6) is 0.710. The first-order chi connectivity index (χ1) is 11.3. The maximum atomic E-state index is 12.9. The Morgan fingerprint density at radius 2 is 1.71 bits per heavy atom. The lowest BCUT2D eigenvalue weighted by molar-refractivity contribution is 0.410. The zero-order valence-corrected chi connectivity index (χ0v) is 15.7. The van der Waals surface area contributed by atoms with E-state index in [0.29, 0.717) is 22.6 Å². The molecule has 2 rings (SSSR count). The van der Waals surface area contributed by atoms with Gasteiger partial charge in [-0.1, -0.05) is 30.3 Å². The monoisotopic (exact) mass is 347 g/mol. The van der Waals surface area contributed by atoms with Gasteiger partial charge in [0.2, 0.25) is 10.0 Å². The molecule has 2 aromatic rings. The molecule has 130 valence electrons. The van der Waals surface area contributed by atoms with E-state index in [2.05, 4.69) is 4.72 Å². The van der Waals surface area contributed by atoms with E-state index in [1.807, 2.05) is 51.1 Å². The van der Waals surface area contributed by atoms with E-state index in [1.165, 1.54) is 0 Å². The average molecular weight is 347 g/mol. The molecule has 0 aliphatic heterocycles. The Kier molecular flexibility index (Phi) is 5.67. The lowest BCUT2D eigenvalue weighted by Gasteiger charge is -2.19. The minimum absolute atomic E-state index is 0.196. The van der Waals surface area contributed by atoms with Crippen molar-refractivity contribution in [3.8, 4) is 5.75 Å². The third-order valence-electron chi connectivity index (χ3n) is 4.21. The summed E-state index contributed by atoms with van der Waals surface area (Å²) in [7, 11) is -2.00. The number of rotatable bonds is 6. The van der Waals surface area contributed by atoms with Gasteiger partial charge in [-0.2, -0.15) is 0 Å². The fourth-order valence-corrected chi connectivity index (χ4v) is 4.75. The molecule has 1 atom stereocenters. The van der Waals surface area contributed by atoms with Gasteiger partial charge >= 0.3 is 0 Å². The fraction of sp³-hybridized carbons (Fsp3) is 0.368. The number of benzene rings is 2. The number of hydrogen-bond donors (Lipinski definition) is 1. The zero-order chi connectivity index (χ0) is 17.9. The highest BCUT2D eigenvalue weighted by molar-refractivity contribution is 7.89. The summed E-state index contributed by atoms with van der Waals surface area (Å²) in [5, 5.41) is 0. The van der Waals surface area contributed by atoms with Crippen LogP contribution in [0.15, 0.2) is 41.3 Å². The molecule has 0 bridgehead atoms. The Hall–Kier alpha value is -1.85. The molecule has 0 unspecified atom stereocenters. The lowest BCUT2D eigenvalue weighted by atomic mass is 10.1. The summed E-state index contributed by atoms with van der Waals surface area (Å²) in [6, 6.07) is 11.4. The molecule has 0 saturated heterocycles. The molecule has 0 saturated carbocycles. The van der Waals surface area contributed by atoms with Crippen LogP contribution in [-0.4, -0.2) is 21.6 Å². The van der Waals surface area contributed by atoms with Crippen molar-refractivity contribution in [1.29, 1.82) is 0 Å². The van der Waals surface area contributed by atoms with Crippen molar-refractivity contribution in [3.05, 3.63) is 58.7 Å². The smallest absolute Gasteiger partial charge is 0.241 e. The van der Waals surface area contributed by atoms with Gasteiger partial charge in [0, 0.05) is 6.04 Å². The van der Waals surface area contributed by atoms with E-state index >= 15 is 0 Å². The maximum Gasteiger partial charge on any atom is 0.241 e. The van der Waals surface area contributed by atoms with Gasteiger partial charge in [-0.25, -0.2) is 13.1 Å². The molecule has 1 N–H and O–H groups in total. The van der Waals surface area contributed by atoms with E-state index in [4.69, 9.17) is 4.74 Å². The Balaban J connectivity index is 2.29. The Labute approximate surface area is 144 Å². The van der Waals surface area contributed by atoms with E-state index in [0.717, 1.165) is 16.7 Å². The number of hydrogen-bond acceptors (Lipinski definition) is 3. The van der Waals surface area contributed by atoms with Crippen molar-refractivity contribution in [2.45, 2.75) is 45.1 Å². The molecule has 0 aliphatic carbocycles. The molecule has 0 aromatic heterocycles. The van der Waals surface area contributed by atoms with Gasteiger partial charge in [-0.15, -0.1) is 0 Å². The van der Waals surface area contributed by atoms with Crippen LogP contribution in [0, 0.1) is 20.8 Å². The van der Waals surface area contributed by atoms with Gasteiger partial charge in [0.1, 0.15) is 5.75 Å². The third-order valence-corrected chi connectivity index (χ3v) is 6.09. The minimum Gasteiger partial charge on any atom is -0.496 e. The molecule has 0 aliphatic rings. The van der Waals surface area contributed by atoms with E-state index in [-0.39, 0.29) is 6.04 Å². The van der Waals surface area contributed by atoms with E-state index in [1.54, 1.807) is 20.1 Å². The second-order valence-corrected chi connectivity index (χ2v) is 7.84. The molecular formula is C19H25NO3S. The van der Waals surface area contributed by atoms with Crippen LogP contribution < -0.4 is 9.46 Å². The first-order valence-electron chi connectivity index (χ1n) is 7.97. The third kappa shape index (κ3) is 3.97. The highest BCUT2D eigenvalue weighted by Crippen LogP contribution is 2.30. The Morgan fingerprint density at radius 3 is 2.29 bits per heavy atom. The second-order valence-electron chi connectivity index (χ2n) is 6.19. The van der Waals surface area contributed by atoms with Crippen molar-refractivity contribution >= 4 is 10.0 Å². The van der Waals surface area contributed by atoms with Crippen LogP contribution >= 0.6 is 0 Å². The highest BCUT2D eigenvalue weighted by Gasteiger charge is 2.24. The molecule has 0 amide bonds. The molecule has 0 heterocycles. The summed E-state index contributed by atoms with van der Waals surface area (Å²) >= 11 is 0. The SMILES string of the molecule is COc1cc(C)c(S(=O)(=O)N[C@@H](C)Cc2ccccc2)c(C)c1C. The van der Waals surface area contributed by atoms with Gasteiger partial charge in [0.25, 0.3) is 0 Å². The summed E-state index contributed by atoms with van der Waals surface area (Å²) in [6.45, 7) is 7.37.